The summed E-state index contributed by atoms with van der Waals surface area (Å²) in [7, 11) is -3.51. The van der Waals surface area contributed by atoms with Gasteiger partial charge in [0.05, 0.1) is 6.61 Å². The van der Waals surface area contributed by atoms with Crippen LogP contribution in [0.4, 0.5) is 0 Å². The van der Waals surface area contributed by atoms with E-state index in [-0.39, 0.29) is 11.4 Å². The van der Waals surface area contributed by atoms with Gasteiger partial charge in [0, 0.05) is 30.0 Å². The molecule has 0 saturated carbocycles. The van der Waals surface area contributed by atoms with E-state index in [2.05, 4.69) is 25.6 Å². The highest BCUT2D eigenvalue weighted by Gasteiger charge is 2.13. The Balaban J connectivity index is 2.46. The average Bonchev–Trinajstić information content (AvgIpc) is 2.28. The van der Waals surface area contributed by atoms with Gasteiger partial charge in [-0.25, -0.2) is 13.1 Å². The number of sulfonamides is 1. The third-order valence-electron chi connectivity index (χ3n) is 1.98. The van der Waals surface area contributed by atoms with Crippen LogP contribution in [0.25, 0.3) is 0 Å². The molecule has 0 unspecified atom stereocenters. The molecule has 102 valence electrons. The van der Waals surface area contributed by atoms with Crippen molar-refractivity contribution in [1.29, 1.82) is 0 Å². The molecule has 0 bridgehead atoms. The lowest BCUT2D eigenvalue weighted by Crippen LogP contribution is -2.28. The Morgan fingerprint density at radius 1 is 1.44 bits per heavy atom. The topological polar surface area (TPSA) is 68.3 Å². The number of hydrogen-bond donors (Lipinski definition) is 1. The number of aromatic nitrogens is 1. The maximum absolute atomic E-state index is 11.9. The molecule has 0 aromatic carbocycles. The zero-order valence-corrected chi connectivity index (χ0v) is 12.8. The zero-order chi connectivity index (χ0) is 13.6. The number of nitrogens with one attached hydrogen (secondary N) is 1. The van der Waals surface area contributed by atoms with Gasteiger partial charge in [0.1, 0.15) is 4.90 Å². The van der Waals surface area contributed by atoms with Crippen molar-refractivity contribution >= 4 is 26.0 Å². The second kappa shape index (κ2) is 7.18. The second-order valence-corrected chi connectivity index (χ2v) is 6.89. The molecule has 1 heterocycles. The number of halogens is 1. The van der Waals surface area contributed by atoms with E-state index in [9.17, 15) is 8.42 Å². The summed E-state index contributed by atoms with van der Waals surface area (Å²) in [5.74, 6) is 0.441. The Morgan fingerprint density at radius 3 is 2.78 bits per heavy atom. The summed E-state index contributed by atoms with van der Waals surface area (Å²) in [5, 5.41) is 0. The lowest BCUT2D eigenvalue weighted by atomic mass is 10.2. The summed E-state index contributed by atoms with van der Waals surface area (Å²) >= 11 is 3.18. The van der Waals surface area contributed by atoms with E-state index >= 15 is 0 Å². The molecule has 18 heavy (non-hydrogen) atoms. The first-order valence-corrected chi connectivity index (χ1v) is 7.87. The normalized spacial score (nSPS) is 12.0. The molecule has 0 amide bonds. The molecule has 1 N–H and O–H groups in total. The third kappa shape index (κ3) is 5.43. The van der Waals surface area contributed by atoms with Crippen molar-refractivity contribution in [2.45, 2.75) is 18.7 Å². The van der Waals surface area contributed by atoms with E-state index in [1.54, 1.807) is 0 Å². The maximum Gasteiger partial charge on any atom is 0.242 e. The summed E-state index contributed by atoms with van der Waals surface area (Å²) in [6.45, 7) is 5.31. The Kier molecular flexibility index (Phi) is 6.20. The molecule has 0 spiro atoms. The standard InChI is InChI=1S/C11H17BrN2O3S/c1-9(2)8-17-4-3-14-18(15,16)11-5-10(12)6-13-7-11/h5-7,9,14H,3-4,8H2,1-2H3. The second-order valence-electron chi connectivity index (χ2n) is 4.21. The molecule has 1 aromatic heterocycles. The minimum absolute atomic E-state index is 0.140. The molecule has 0 fully saturated rings. The number of pyridine rings is 1. The van der Waals surface area contributed by atoms with Crippen LogP contribution in [-0.4, -0.2) is 33.2 Å². The fourth-order valence-electron chi connectivity index (χ4n) is 1.19. The van der Waals surface area contributed by atoms with E-state index in [0.29, 0.717) is 23.6 Å². The van der Waals surface area contributed by atoms with Gasteiger partial charge in [0.2, 0.25) is 10.0 Å². The first-order chi connectivity index (χ1) is 8.42. The lowest BCUT2D eigenvalue weighted by molar-refractivity contribution is 0.114. The predicted molar refractivity (Wildman–Crippen MR) is 72.8 cm³/mol. The molecule has 0 saturated heterocycles. The summed E-state index contributed by atoms with van der Waals surface area (Å²) < 4.78 is 32.1. The highest BCUT2D eigenvalue weighted by Crippen LogP contribution is 2.13. The Bertz CT molecular complexity index is 477. The monoisotopic (exact) mass is 336 g/mol. The van der Waals surface area contributed by atoms with Gasteiger partial charge in [0.25, 0.3) is 0 Å². The molecule has 0 aliphatic rings. The number of hydrogen-bond acceptors (Lipinski definition) is 4. The van der Waals surface area contributed by atoms with Crippen molar-refractivity contribution in [1.82, 2.24) is 9.71 Å². The molecule has 0 aliphatic heterocycles. The van der Waals surface area contributed by atoms with Gasteiger partial charge in [0.15, 0.2) is 0 Å². The Morgan fingerprint density at radius 2 is 2.17 bits per heavy atom. The van der Waals surface area contributed by atoms with Gasteiger partial charge in [-0.15, -0.1) is 0 Å². The zero-order valence-electron chi connectivity index (χ0n) is 10.4. The van der Waals surface area contributed by atoms with Crippen LogP contribution in [0, 0.1) is 5.92 Å². The quantitative estimate of drug-likeness (QED) is 0.771. The molecule has 1 rings (SSSR count). The highest BCUT2D eigenvalue weighted by atomic mass is 79.9. The molecule has 0 aliphatic carbocycles. The summed E-state index contributed by atoms with van der Waals surface area (Å²) in [6, 6.07) is 1.50. The molecule has 0 radical (unpaired) electrons. The summed E-state index contributed by atoms with van der Waals surface area (Å²) in [6.07, 6.45) is 2.84. The van der Waals surface area contributed by atoms with Gasteiger partial charge < -0.3 is 4.74 Å². The predicted octanol–water partition coefficient (Wildman–Crippen LogP) is 1.79. The minimum Gasteiger partial charge on any atom is -0.380 e. The molecular formula is C11H17BrN2O3S. The van der Waals surface area contributed by atoms with Crippen LogP contribution in [0.3, 0.4) is 0 Å². The van der Waals surface area contributed by atoms with Crippen LogP contribution in [0.2, 0.25) is 0 Å². The van der Waals surface area contributed by atoms with Crippen molar-refractivity contribution in [3.05, 3.63) is 22.9 Å². The van der Waals surface area contributed by atoms with Crippen LogP contribution in [0.15, 0.2) is 27.8 Å². The summed E-state index contributed by atoms with van der Waals surface area (Å²) in [5.41, 5.74) is 0. The molecule has 0 atom stereocenters. The van der Waals surface area contributed by atoms with Crippen molar-refractivity contribution in [3.8, 4) is 0 Å². The van der Waals surface area contributed by atoms with Gasteiger partial charge in [-0.3, -0.25) is 4.98 Å². The highest BCUT2D eigenvalue weighted by molar-refractivity contribution is 9.10. The third-order valence-corrected chi connectivity index (χ3v) is 3.84. The van der Waals surface area contributed by atoms with E-state index in [4.69, 9.17) is 4.74 Å². The Hall–Kier alpha value is -0.500. The first-order valence-electron chi connectivity index (χ1n) is 5.60. The van der Waals surface area contributed by atoms with E-state index in [0.717, 1.165) is 0 Å². The SMILES string of the molecule is CC(C)COCCNS(=O)(=O)c1cncc(Br)c1. The fourth-order valence-corrected chi connectivity index (χ4v) is 2.71. The van der Waals surface area contributed by atoms with E-state index in [1.165, 1.54) is 18.5 Å². The molecule has 5 nitrogen and oxygen atoms in total. The van der Waals surface area contributed by atoms with Crippen LogP contribution < -0.4 is 4.72 Å². The number of nitrogens with zero attached hydrogens (tertiary/aromatic N) is 1. The largest absolute Gasteiger partial charge is 0.380 e. The molecule has 1 aromatic rings. The number of rotatable bonds is 7. The van der Waals surface area contributed by atoms with Crippen LogP contribution in [0.1, 0.15) is 13.8 Å². The summed E-state index contributed by atoms with van der Waals surface area (Å²) in [4.78, 5) is 3.96. The van der Waals surface area contributed by atoms with Crippen molar-refractivity contribution in [3.63, 3.8) is 0 Å². The first kappa shape index (κ1) is 15.6. The van der Waals surface area contributed by atoms with Gasteiger partial charge in [-0.2, -0.15) is 0 Å². The number of ether oxygens (including phenoxy) is 1. The van der Waals surface area contributed by atoms with E-state index in [1.807, 2.05) is 13.8 Å². The minimum atomic E-state index is -3.51. The maximum atomic E-state index is 11.9. The van der Waals surface area contributed by atoms with Crippen LogP contribution in [0.5, 0.6) is 0 Å². The van der Waals surface area contributed by atoms with Crippen LogP contribution >= 0.6 is 15.9 Å². The van der Waals surface area contributed by atoms with Crippen molar-refractivity contribution in [2.24, 2.45) is 5.92 Å². The Labute approximate surface area is 116 Å². The average molecular weight is 337 g/mol. The smallest absolute Gasteiger partial charge is 0.242 e. The van der Waals surface area contributed by atoms with Gasteiger partial charge in [-0.05, 0) is 27.9 Å². The van der Waals surface area contributed by atoms with Gasteiger partial charge in [-0.1, -0.05) is 13.8 Å². The van der Waals surface area contributed by atoms with Gasteiger partial charge >= 0.3 is 0 Å². The fraction of sp³-hybridized carbons (Fsp3) is 0.545. The van der Waals surface area contributed by atoms with E-state index < -0.39 is 10.0 Å². The molecule has 7 heteroatoms. The van der Waals surface area contributed by atoms with Crippen molar-refractivity contribution < 1.29 is 13.2 Å². The van der Waals surface area contributed by atoms with Crippen molar-refractivity contribution in [2.75, 3.05) is 19.8 Å². The van der Waals surface area contributed by atoms with Crippen LogP contribution in [-0.2, 0) is 14.8 Å². The lowest BCUT2D eigenvalue weighted by Gasteiger charge is -2.08. The molecular weight excluding hydrogens is 320 g/mol.